The van der Waals surface area contributed by atoms with Gasteiger partial charge in [-0.3, -0.25) is 4.79 Å². The van der Waals surface area contributed by atoms with E-state index in [0.29, 0.717) is 17.5 Å². The Balaban J connectivity index is 1.95. The van der Waals surface area contributed by atoms with E-state index in [2.05, 4.69) is 24.1 Å². The molecule has 1 amide bonds. The monoisotopic (exact) mass is 252 g/mol. The van der Waals surface area contributed by atoms with Crippen molar-refractivity contribution < 1.29 is 9.53 Å². The van der Waals surface area contributed by atoms with Gasteiger partial charge in [-0.15, -0.1) is 11.8 Å². The molecule has 0 radical (unpaired) electrons. The summed E-state index contributed by atoms with van der Waals surface area (Å²) in [5.41, 5.74) is 0. The molecule has 0 aliphatic carbocycles. The molecule has 2 heterocycles. The van der Waals surface area contributed by atoms with Crippen molar-refractivity contribution in [3.8, 4) is 5.75 Å². The van der Waals surface area contributed by atoms with Gasteiger partial charge in [-0.1, -0.05) is 13.8 Å². The summed E-state index contributed by atoms with van der Waals surface area (Å²) in [5.74, 6) is 0.616. The van der Waals surface area contributed by atoms with Gasteiger partial charge >= 0.3 is 0 Å². The van der Waals surface area contributed by atoms with Gasteiger partial charge in [0.25, 0.3) is 5.91 Å². The van der Waals surface area contributed by atoms with Crippen LogP contribution in [0, 0.1) is 0 Å². The van der Waals surface area contributed by atoms with Crippen molar-refractivity contribution in [1.82, 2.24) is 10.3 Å². The van der Waals surface area contributed by atoms with Gasteiger partial charge in [-0.05, 0) is 12.1 Å². The molecule has 1 atom stereocenters. The second-order valence-electron chi connectivity index (χ2n) is 4.18. The largest absolute Gasteiger partial charge is 0.479 e. The molecule has 1 aromatic heterocycles. The first-order valence-electron chi connectivity index (χ1n) is 5.72. The molecule has 1 N–H and O–H groups in total. The summed E-state index contributed by atoms with van der Waals surface area (Å²) >= 11 is 1.70. The topological polar surface area (TPSA) is 51.2 Å². The predicted octanol–water partition coefficient (Wildman–Crippen LogP) is 1.85. The first kappa shape index (κ1) is 12.2. The molecular formula is C12H16N2O2S. The van der Waals surface area contributed by atoms with E-state index in [1.165, 1.54) is 0 Å². The van der Waals surface area contributed by atoms with Crippen molar-refractivity contribution in [1.29, 1.82) is 0 Å². The van der Waals surface area contributed by atoms with Crippen LogP contribution in [0.5, 0.6) is 5.75 Å². The number of nitrogens with zero attached hydrogens (tertiary/aromatic N) is 1. The molecule has 1 aliphatic rings. The zero-order valence-corrected chi connectivity index (χ0v) is 10.8. The Morgan fingerprint density at radius 1 is 1.53 bits per heavy atom. The number of hydrogen-bond acceptors (Lipinski definition) is 4. The number of nitrogens with one attached hydrogen (secondary N) is 1. The van der Waals surface area contributed by atoms with E-state index < -0.39 is 0 Å². The number of amides is 1. The predicted molar refractivity (Wildman–Crippen MR) is 67.3 cm³/mol. The smallest absolute Gasteiger partial charge is 0.261 e. The van der Waals surface area contributed by atoms with Gasteiger partial charge in [-0.25, -0.2) is 4.98 Å². The lowest BCUT2D eigenvalue weighted by atomic mass is 10.3. The van der Waals surface area contributed by atoms with E-state index in [4.69, 9.17) is 4.74 Å². The van der Waals surface area contributed by atoms with Crippen molar-refractivity contribution in [3.63, 3.8) is 0 Å². The van der Waals surface area contributed by atoms with Gasteiger partial charge in [0.2, 0.25) is 0 Å². The molecular weight excluding hydrogens is 236 g/mol. The van der Waals surface area contributed by atoms with E-state index in [1.54, 1.807) is 18.0 Å². The third-order valence-electron chi connectivity index (χ3n) is 2.34. The van der Waals surface area contributed by atoms with Crippen LogP contribution in [0.3, 0.4) is 0 Å². The van der Waals surface area contributed by atoms with Crippen molar-refractivity contribution in [2.24, 2.45) is 0 Å². The minimum atomic E-state index is -0.361. The molecule has 4 nitrogen and oxygen atoms in total. The van der Waals surface area contributed by atoms with Crippen LogP contribution in [0.2, 0.25) is 0 Å². The summed E-state index contributed by atoms with van der Waals surface area (Å²) in [5, 5.41) is 4.22. The summed E-state index contributed by atoms with van der Waals surface area (Å²) in [6, 6.07) is 3.79. The third-order valence-corrected chi connectivity index (χ3v) is 3.30. The molecule has 0 spiro atoms. The first-order valence-corrected chi connectivity index (χ1v) is 6.60. The molecule has 1 unspecified atom stereocenters. The van der Waals surface area contributed by atoms with Crippen molar-refractivity contribution in [2.75, 3.05) is 6.54 Å². The fraction of sp³-hybridized carbons (Fsp3) is 0.500. The van der Waals surface area contributed by atoms with Crippen molar-refractivity contribution in [2.45, 2.75) is 36.6 Å². The Kier molecular flexibility index (Phi) is 3.89. The Labute approximate surface area is 105 Å². The van der Waals surface area contributed by atoms with E-state index in [1.807, 2.05) is 12.1 Å². The van der Waals surface area contributed by atoms with E-state index >= 15 is 0 Å². The highest BCUT2D eigenvalue weighted by Gasteiger charge is 2.25. The number of thioether (sulfide) groups is 1. The van der Waals surface area contributed by atoms with Crippen molar-refractivity contribution in [3.05, 3.63) is 18.3 Å². The highest BCUT2D eigenvalue weighted by atomic mass is 32.2. The Bertz CT molecular complexity index is 392. The average molecular weight is 252 g/mol. The molecule has 17 heavy (non-hydrogen) atoms. The van der Waals surface area contributed by atoms with Crippen LogP contribution in [-0.4, -0.2) is 28.8 Å². The van der Waals surface area contributed by atoms with Gasteiger partial charge in [0.05, 0.1) is 11.2 Å². The molecule has 0 bridgehead atoms. The quantitative estimate of drug-likeness (QED) is 0.831. The third kappa shape index (κ3) is 3.36. The number of ether oxygens (including phenoxy) is 1. The number of hydrogen-bond donors (Lipinski definition) is 1. The highest BCUT2D eigenvalue weighted by Crippen LogP contribution is 2.23. The normalized spacial score (nSPS) is 19.5. The van der Waals surface area contributed by atoms with Gasteiger partial charge in [0.15, 0.2) is 6.10 Å². The number of rotatable bonds is 4. The number of carbonyl (C=O) groups excluding carboxylic acids is 1. The lowest BCUT2D eigenvalue weighted by Gasteiger charge is -2.11. The molecule has 1 fully saturated rings. The molecule has 2 rings (SSSR count). The van der Waals surface area contributed by atoms with Crippen LogP contribution in [0.25, 0.3) is 0 Å². The van der Waals surface area contributed by atoms with E-state index in [0.717, 1.165) is 11.4 Å². The zero-order chi connectivity index (χ0) is 12.3. The molecule has 92 valence electrons. The van der Waals surface area contributed by atoms with Crippen LogP contribution in [0.4, 0.5) is 0 Å². The van der Waals surface area contributed by atoms with E-state index in [9.17, 15) is 4.79 Å². The fourth-order valence-corrected chi connectivity index (χ4v) is 2.34. The van der Waals surface area contributed by atoms with Gasteiger partial charge in [0, 0.05) is 18.2 Å². The molecule has 0 saturated carbocycles. The summed E-state index contributed by atoms with van der Waals surface area (Å²) in [4.78, 5) is 15.6. The van der Waals surface area contributed by atoms with Crippen LogP contribution < -0.4 is 10.1 Å². The van der Waals surface area contributed by atoms with Crippen molar-refractivity contribution >= 4 is 17.7 Å². The first-order chi connectivity index (χ1) is 8.15. The number of carbonyl (C=O) groups is 1. The Morgan fingerprint density at radius 2 is 2.35 bits per heavy atom. The Hall–Kier alpha value is -1.23. The summed E-state index contributed by atoms with van der Waals surface area (Å²) in [6.45, 7) is 4.94. The average Bonchev–Trinajstić information content (AvgIpc) is 2.67. The molecule has 1 aliphatic heterocycles. The maximum absolute atomic E-state index is 11.3. The standard InChI is InChI=1S/C12H16N2O2S/c1-8(2)17-11-4-3-9(7-14-11)16-10-5-6-13-12(10)15/h3-4,7-8,10H,5-6H2,1-2H3,(H,13,15). The highest BCUT2D eigenvalue weighted by molar-refractivity contribution is 7.99. The second-order valence-corrected chi connectivity index (χ2v) is 5.78. The Morgan fingerprint density at radius 3 is 2.88 bits per heavy atom. The zero-order valence-electron chi connectivity index (χ0n) is 9.97. The maximum Gasteiger partial charge on any atom is 0.261 e. The molecule has 1 aromatic rings. The molecule has 0 aromatic carbocycles. The van der Waals surface area contributed by atoms with Crippen LogP contribution in [-0.2, 0) is 4.79 Å². The summed E-state index contributed by atoms with van der Waals surface area (Å²) in [7, 11) is 0. The second kappa shape index (κ2) is 5.40. The van der Waals surface area contributed by atoms with E-state index in [-0.39, 0.29) is 12.0 Å². The van der Waals surface area contributed by atoms with Gasteiger partial charge < -0.3 is 10.1 Å². The number of pyridine rings is 1. The maximum atomic E-state index is 11.3. The lowest BCUT2D eigenvalue weighted by Crippen LogP contribution is -2.27. The van der Waals surface area contributed by atoms with Gasteiger partial charge in [-0.2, -0.15) is 0 Å². The van der Waals surface area contributed by atoms with Gasteiger partial charge in [0.1, 0.15) is 5.75 Å². The summed E-state index contributed by atoms with van der Waals surface area (Å²) in [6.07, 6.45) is 2.04. The van der Waals surface area contributed by atoms with Crippen LogP contribution in [0.1, 0.15) is 20.3 Å². The SMILES string of the molecule is CC(C)Sc1ccc(OC2CCNC2=O)cn1. The van der Waals surface area contributed by atoms with Crippen LogP contribution in [0.15, 0.2) is 23.4 Å². The minimum absolute atomic E-state index is 0.0365. The minimum Gasteiger partial charge on any atom is -0.479 e. The molecule has 1 saturated heterocycles. The summed E-state index contributed by atoms with van der Waals surface area (Å²) < 4.78 is 5.56. The lowest BCUT2D eigenvalue weighted by molar-refractivity contribution is -0.124. The van der Waals surface area contributed by atoms with Crippen LogP contribution >= 0.6 is 11.8 Å². The fourth-order valence-electron chi connectivity index (χ4n) is 1.60. The number of aromatic nitrogens is 1. The molecule has 5 heteroatoms.